The third-order valence-electron chi connectivity index (χ3n) is 7.73. The van der Waals surface area contributed by atoms with Gasteiger partial charge in [0.15, 0.2) is 9.84 Å². The molecule has 1 heterocycles. The highest BCUT2D eigenvalue weighted by atomic mass is 32.2. The zero-order valence-electron chi connectivity index (χ0n) is 26.9. The second-order valence-corrected chi connectivity index (χ2v) is 14.0. The molecule has 12 nitrogen and oxygen atoms in total. The first-order valence-corrected chi connectivity index (χ1v) is 17.4. The number of rotatable bonds is 6. The first-order valence-electron chi connectivity index (χ1n) is 15.5. The summed E-state index contributed by atoms with van der Waals surface area (Å²) in [5.41, 5.74) is 1.46. The smallest absolute Gasteiger partial charge is 0.243 e. The number of amides is 5. The van der Waals surface area contributed by atoms with Crippen molar-refractivity contribution in [2.75, 3.05) is 25.9 Å². The second kappa shape index (κ2) is 16.9. The van der Waals surface area contributed by atoms with Crippen LogP contribution in [0.15, 0.2) is 59.5 Å². The number of sulfone groups is 1. The van der Waals surface area contributed by atoms with Gasteiger partial charge in [-0.25, -0.2) is 8.42 Å². The number of benzene rings is 2. The van der Waals surface area contributed by atoms with Crippen molar-refractivity contribution in [3.05, 3.63) is 65.7 Å². The molecule has 4 N–H and O–H groups in total. The van der Waals surface area contributed by atoms with Crippen molar-refractivity contribution in [1.29, 1.82) is 0 Å². The first kappa shape index (κ1) is 36.2. The van der Waals surface area contributed by atoms with Crippen molar-refractivity contribution in [2.45, 2.75) is 75.9 Å². The predicted octanol–water partition coefficient (Wildman–Crippen LogP) is 1.13. The molecular formula is C33H45N5O7S. The molecule has 3 atom stereocenters. The maximum Gasteiger partial charge on any atom is 0.243 e. The van der Waals surface area contributed by atoms with E-state index in [9.17, 15) is 32.4 Å². The highest BCUT2D eigenvalue weighted by Gasteiger charge is 2.29. The summed E-state index contributed by atoms with van der Waals surface area (Å²) in [6, 6.07) is 12.5. The molecule has 1 aliphatic rings. The van der Waals surface area contributed by atoms with Gasteiger partial charge in [-0.2, -0.15) is 0 Å². The van der Waals surface area contributed by atoms with Crippen LogP contribution in [0.25, 0.3) is 0 Å². The lowest BCUT2D eigenvalue weighted by atomic mass is 10.0. The van der Waals surface area contributed by atoms with E-state index in [1.807, 2.05) is 30.3 Å². The van der Waals surface area contributed by atoms with Crippen LogP contribution >= 0.6 is 0 Å². The molecule has 1 saturated heterocycles. The largest absolute Gasteiger partial charge is 0.354 e. The summed E-state index contributed by atoms with van der Waals surface area (Å²) in [5.74, 6) is -2.27. The van der Waals surface area contributed by atoms with E-state index in [2.05, 4.69) is 21.3 Å². The van der Waals surface area contributed by atoms with Crippen LogP contribution < -0.4 is 21.3 Å². The fraction of sp³-hybridized carbons (Fsp3) is 0.485. The molecule has 3 rings (SSSR count). The zero-order chi connectivity index (χ0) is 33.9. The van der Waals surface area contributed by atoms with Crippen LogP contribution in [-0.2, 0) is 46.7 Å². The molecule has 1 aliphatic heterocycles. The molecule has 0 unspecified atom stereocenters. The second-order valence-electron chi connectivity index (χ2n) is 12.0. The number of hydrogen-bond donors (Lipinski definition) is 4. The summed E-state index contributed by atoms with van der Waals surface area (Å²) in [6.45, 7) is 5.94. The van der Waals surface area contributed by atoms with Gasteiger partial charge in [0, 0.05) is 38.7 Å². The molecule has 0 bridgehead atoms. The normalized spacial score (nSPS) is 21.3. The highest BCUT2D eigenvalue weighted by Crippen LogP contribution is 2.13. The Bertz CT molecular complexity index is 1480. The number of carbonyl (C=O) groups excluding carboxylic acids is 5. The Hall–Kier alpha value is -4.26. The Kier molecular flexibility index (Phi) is 13.3. The Morgan fingerprint density at radius 1 is 0.848 bits per heavy atom. The molecule has 46 heavy (non-hydrogen) atoms. The van der Waals surface area contributed by atoms with Crippen molar-refractivity contribution in [2.24, 2.45) is 5.92 Å². The fourth-order valence-corrected chi connectivity index (χ4v) is 5.67. The fourth-order valence-electron chi connectivity index (χ4n) is 5.04. The maximum atomic E-state index is 13.3. The average Bonchev–Trinajstić information content (AvgIpc) is 3.00. The SMILES string of the molecule is CC(C)[C@H]1NC(=O)[C@@H](C)NC(=O)[C@H](Cc2ccccc2)NC(=O)CCCN(C(=O)Cc2ccc(S(C)(=O)=O)cc2)CCCNC1=O. The van der Waals surface area contributed by atoms with Crippen LogP contribution in [0.1, 0.15) is 51.2 Å². The van der Waals surface area contributed by atoms with E-state index in [0.29, 0.717) is 24.9 Å². The van der Waals surface area contributed by atoms with Gasteiger partial charge in [-0.05, 0) is 48.9 Å². The molecule has 2 aromatic carbocycles. The molecule has 0 saturated carbocycles. The minimum Gasteiger partial charge on any atom is -0.354 e. The molecular weight excluding hydrogens is 610 g/mol. The molecule has 2 aromatic rings. The quantitative estimate of drug-likeness (QED) is 0.362. The monoisotopic (exact) mass is 655 g/mol. The Balaban J connectivity index is 1.80. The number of nitrogens with one attached hydrogen (secondary N) is 4. The summed E-state index contributed by atoms with van der Waals surface area (Å²) in [7, 11) is -3.37. The van der Waals surface area contributed by atoms with Crippen molar-refractivity contribution in [3.63, 3.8) is 0 Å². The summed E-state index contributed by atoms with van der Waals surface area (Å²) in [4.78, 5) is 67.5. The molecule has 0 radical (unpaired) electrons. The number of carbonyl (C=O) groups is 5. The minimum atomic E-state index is -3.37. The molecule has 0 aromatic heterocycles. The standard InChI is InChI=1S/C33H45N5O7S/c1-22(2)30-33(43)34-17-9-19-38(29(40)21-25-13-15-26(16-14-25)46(4,44)45)18-8-12-28(39)36-27(20-24-10-6-5-7-11-24)32(42)35-23(3)31(41)37-30/h5-7,10-11,13-16,22-23,27,30H,8-9,12,17-21H2,1-4H3,(H,34,43)(H,35,42)(H,36,39)(H,37,41)/t23-,27+,30-/m1/s1. The third-order valence-corrected chi connectivity index (χ3v) is 8.86. The summed E-state index contributed by atoms with van der Waals surface area (Å²) < 4.78 is 23.6. The number of nitrogens with zero attached hydrogens (tertiary/aromatic N) is 1. The van der Waals surface area contributed by atoms with Crippen molar-refractivity contribution in [3.8, 4) is 0 Å². The van der Waals surface area contributed by atoms with E-state index in [4.69, 9.17) is 0 Å². The molecule has 0 spiro atoms. The van der Waals surface area contributed by atoms with Gasteiger partial charge in [0.05, 0.1) is 11.3 Å². The van der Waals surface area contributed by atoms with Crippen molar-refractivity contribution >= 4 is 39.4 Å². The topological polar surface area (TPSA) is 171 Å². The van der Waals surface area contributed by atoms with Gasteiger partial charge in [0.1, 0.15) is 18.1 Å². The Morgan fingerprint density at radius 3 is 2.13 bits per heavy atom. The maximum absolute atomic E-state index is 13.3. The van der Waals surface area contributed by atoms with Gasteiger partial charge >= 0.3 is 0 Å². The predicted molar refractivity (Wildman–Crippen MR) is 173 cm³/mol. The minimum absolute atomic E-state index is 0.0293. The van der Waals surface area contributed by atoms with E-state index in [-0.39, 0.29) is 60.9 Å². The van der Waals surface area contributed by atoms with Gasteiger partial charge in [-0.15, -0.1) is 0 Å². The zero-order valence-corrected chi connectivity index (χ0v) is 27.7. The average molecular weight is 656 g/mol. The molecule has 5 amide bonds. The van der Waals surface area contributed by atoms with Gasteiger partial charge in [0.25, 0.3) is 0 Å². The van der Waals surface area contributed by atoms with Crippen molar-refractivity contribution < 1.29 is 32.4 Å². The molecule has 0 aliphatic carbocycles. The van der Waals surface area contributed by atoms with Crippen LogP contribution in [-0.4, -0.2) is 86.9 Å². The van der Waals surface area contributed by atoms with E-state index in [1.165, 1.54) is 19.1 Å². The third kappa shape index (κ3) is 11.3. The first-order chi connectivity index (χ1) is 21.7. The van der Waals surface area contributed by atoms with E-state index in [0.717, 1.165) is 11.8 Å². The van der Waals surface area contributed by atoms with E-state index < -0.39 is 39.8 Å². The lowest BCUT2D eigenvalue weighted by Crippen LogP contribution is -2.57. The van der Waals surface area contributed by atoms with Gasteiger partial charge in [-0.3, -0.25) is 24.0 Å². The van der Waals surface area contributed by atoms with Gasteiger partial charge < -0.3 is 26.2 Å². The van der Waals surface area contributed by atoms with Gasteiger partial charge in [0.2, 0.25) is 29.5 Å². The van der Waals surface area contributed by atoms with Crippen LogP contribution in [0.3, 0.4) is 0 Å². The summed E-state index contributed by atoms with van der Waals surface area (Å²) >= 11 is 0. The summed E-state index contributed by atoms with van der Waals surface area (Å²) in [6.07, 6.45) is 2.15. The number of hydrogen-bond acceptors (Lipinski definition) is 7. The Labute approximate surface area is 271 Å². The van der Waals surface area contributed by atoms with E-state index in [1.54, 1.807) is 30.9 Å². The summed E-state index contributed by atoms with van der Waals surface area (Å²) in [5, 5.41) is 11.0. The molecule has 1 fully saturated rings. The lowest BCUT2D eigenvalue weighted by molar-refractivity contribution is -0.134. The Morgan fingerprint density at radius 2 is 1.50 bits per heavy atom. The lowest BCUT2D eigenvalue weighted by Gasteiger charge is -2.26. The van der Waals surface area contributed by atoms with E-state index >= 15 is 0 Å². The highest BCUT2D eigenvalue weighted by molar-refractivity contribution is 7.90. The molecule has 13 heteroatoms. The van der Waals surface area contributed by atoms with Gasteiger partial charge in [-0.1, -0.05) is 56.3 Å². The van der Waals surface area contributed by atoms with Crippen LogP contribution in [0.4, 0.5) is 0 Å². The molecule has 250 valence electrons. The van der Waals surface area contributed by atoms with Crippen LogP contribution in [0, 0.1) is 5.92 Å². The van der Waals surface area contributed by atoms with Crippen molar-refractivity contribution in [1.82, 2.24) is 26.2 Å². The van der Waals surface area contributed by atoms with Crippen LogP contribution in [0.5, 0.6) is 0 Å². The van der Waals surface area contributed by atoms with Crippen LogP contribution in [0.2, 0.25) is 0 Å².